The zero-order chi connectivity index (χ0) is 29.4. The number of hydrogen-bond acceptors (Lipinski definition) is 0. The molecule has 0 heterocycles. The van der Waals surface area contributed by atoms with Crippen LogP contribution in [0.15, 0.2) is 0 Å². The monoisotopic (exact) mass is 595 g/mol. The van der Waals surface area contributed by atoms with Crippen LogP contribution >= 0.6 is 0 Å². The van der Waals surface area contributed by atoms with E-state index in [0.717, 1.165) is 47.3 Å². The van der Waals surface area contributed by atoms with Crippen LogP contribution < -0.4 is 0 Å². The third-order valence-electron chi connectivity index (χ3n) is 14.6. The van der Waals surface area contributed by atoms with E-state index in [0.29, 0.717) is 0 Å². The van der Waals surface area contributed by atoms with E-state index in [1.54, 1.807) is 128 Å². The van der Waals surface area contributed by atoms with Gasteiger partial charge in [0, 0.05) is 0 Å². The molecule has 6 fully saturated rings. The molecule has 250 valence electrons. The summed E-state index contributed by atoms with van der Waals surface area (Å²) in [7, 11) is 0. The fourth-order valence-electron chi connectivity index (χ4n) is 11.6. The minimum atomic E-state index is 1.07. The Labute approximate surface area is 271 Å². The van der Waals surface area contributed by atoms with Crippen LogP contribution in [0.1, 0.15) is 225 Å². The molecule has 0 heteroatoms. The first-order valence-corrected chi connectivity index (χ1v) is 21.3. The van der Waals surface area contributed by atoms with Gasteiger partial charge in [0.2, 0.25) is 0 Å². The van der Waals surface area contributed by atoms with Crippen LogP contribution in [0.2, 0.25) is 0 Å². The Morgan fingerprint density at radius 3 is 0.767 bits per heavy atom. The molecular formula is C43H78. The van der Waals surface area contributed by atoms with Crippen molar-refractivity contribution in [3.63, 3.8) is 0 Å². The first-order chi connectivity index (χ1) is 21.3. The van der Waals surface area contributed by atoms with E-state index >= 15 is 0 Å². The Hall–Kier alpha value is 0. The fourth-order valence-corrected chi connectivity index (χ4v) is 11.6. The maximum atomic E-state index is 1.59. The van der Waals surface area contributed by atoms with Crippen LogP contribution in [0.5, 0.6) is 0 Å². The second-order valence-electron chi connectivity index (χ2n) is 17.6. The summed E-state index contributed by atoms with van der Waals surface area (Å²) in [5, 5.41) is 0. The van der Waals surface area contributed by atoms with Gasteiger partial charge in [-0.1, -0.05) is 199 Å². The Morgan fingerprint density at radius 1 is 0.256 bits per heavy atom. The van der Waals surface area contributed by atoms with Crippen LogP contribution in [0.3, 0.4) is 0 Å². The average molecular weight is 595 g/mol. The smallest absolute Gasteiger partial charge is 0.0386 e. The van der Waals surface area contributed by atoms with Crippen LogP contribution in [0.4, 0.5) is 0 Å². The van der Waals surface area contributed by atoms with E-state index in [1.165, 1.54) is 96.3 Å². The molecule has 0 saturated heterocycles. The Morgan fingerprint density at radius 2 is 0.488 bits per heavy atom. The summed E-state index contributed by atoms with van der Waals surface area (Å²) in [6, 6.07) is 0. The lowest BCUT2D eigenvalue weighted by Crippen LogP contribution is -2.27. The summed E-state index contributed by atoms with van der Waals surface area (Å²) >= 11 is 0. The van der Waals surface area contributed by atoms with Gasteiger partial charge < -0.3 is 0 Å². The zero-order valence-corrected chi connectivity index (χ0v) is 29.4. The van der Waals surface area contributed by atoms with Crippen molar-refractivity contribution in [3.05, 3.63) is 0 Å². The number of rotatable bonds is 11. The second-order valence-corrected chi connectivity index (χ2v) is 17.6. The predicted octanol–water partition coefficient (Wildman–Crippen LogP) is 14.6. The molecular weight excluding hydrogens is 516 g/mol. The van der Waals surface area contributed by atoms with E-state index in [-0.39, 0.29) is 0 Å². The SMILES string of the molecule is C1CCC(C2CCC(C3CCCCC3)CC2)CC1.C1CCC(CCC(CCC2CCCCC2)CCC2CCCCC2)CC1. The van der Waals surface area contributed by atoms with Crippen LogP contribution in [0, 0.1) is 47.3 Å². The molecule has 0 N–H and O–H groups in total. The molecule has 0 nitrogen and oxygen atoms in total. The number of hydrogen-bond donors (Lipinski definition) is 0. The third-order valence-corrected chi connectivity index (χ3v) is 14.6. The maximum absolute atomic E-state index is 1.59. The fraction of sp³-hybridized carbons (Fsp3) is 1.00. The molecule has 0 aromatic rings. The van der Waals surface area contributed by atoms with Crippen molar-refractivity contribution in [2.75, 3.05) is 0 Å². The summed E-state index contributed by atoms with van der Waals surface area (Å²) < 4.78 is 0. The highest BCUT2D eigenvalue weighted by molar-refractivity contribution is 4.83. The molecule has 0 radical (unpaired) electrons. The maximum Gasteiger partial charge on any atom is -0.0386 e. The molecule has 6 aliphatic rings. The van der Waals surface area contributed by atoms with Crippen LogP contribution in [-0.4, -0.2) is 0 Å². The largest absolute Gasteiger partial charge is 0.0533 e. The summed E-state index contributed by atoms with van der Waals surface area (Å²) in [6.07, 6.45) is 54.3. The highest BCUT2D eigenvalue weighted by Crippen LogP contribution is 2.44. The zero-order valence-electron chi connectivity index (χ0n) is 29.4. The lowest BCUT2D eigenvalue weighted by atomic mass is 9.66. The molecule has 6 saturated carbocycles. The first-order valence-electron chi connectivity index (χ1n) is 21.3. The molecule has 43 heavy (non-hydrogen) atoms. The lowest BCUT2D eigenvalue weighted by molar-refractivity contribution is 0.123. The van der Waals surface area contributed by atoms with Crippen molar-refractivity contribution < 1.29 is 0 Å². The van der Waals surface area contributed by atoms with Crippen LogP contribution in [0.25, 0.3) is 0 Å². The van der Waals surface area contributed by atoms with E-state index in [2.05, 4.69) is 0 Å². The van der Waals surface area contributed by atoms with Crippen molar-refractivity contribution in [1.82, 2.24) is 0 Å². The van der Waals surface area contributed by atoms with Crippen molar-refractivity contribution in [2.24, 2.45) is 47.3 Å². The van der Waals surface area contributed by atoms with Crippen molar-refractivity contribution in [2.45, 2.75) is 225 Å². The quantitative estimate of drug-likeness (QED) is 0.223. The third kappa shape index (κ3) is 12.6. The van der Waals surface area contributed by atoms with E-state index in [1.807, 2.05) is 0 Å². The van der Waals surface area contributed by atoms with Crippen LogP contribution in [-0.2, 0) is 0 Å². The standard InChI is InChI=1S/C25H46.C18H32/c1-4-10-22(11-5-1)16-19-25(20-17-23-12-6-2-7-13-23)21-18-24-14-8-3-9-15-24;1-3-7-15(8-4-1)17-11-13-18(14-12-17)16-9-5-2-6-10-16/h22-25H,1-21H2;15-18H,1-14H2. The molecule has 6 aliphatic carbocycles. The summed E-state index contributed by atoms with van der Waals surface area (Å²) in [6.45, 7) is 0. The van der Waals surface area contributed by atoms with Gasteiger partial charge in [-0.3, -0.25) is 0 Å². The second kappa shape index (κ2) is 20.3. The van der Waals surface area contributed by atoms with Gasteiger partial charge in [0.05, 0.1) is 0 Å². The molecule has 0 aliphatic heterocycles. The highest BCUT2D eigenvalue weighted by atomic mass is 14.4. The molecule has 0 aromatic carbocycles. The molecule has 6 rings (SSSR count). The van der Waals surface area contributed by atoms with Gasteiger partial charge in [-0.15, -0.1) is 0 Å². The molecule has 0 aromatic heterocycles. The minimum absolute atomic E-state index is 1.07. The summed E-state index contributed by atoms with van der Waals surface area (Å²) in [5.41, 5.74) is 0. The normalized spacial score (nSPS) is 29.8. The minimum Gasteiger partial charge on any atom is -0.0533 e. The van der Waals surface area contributed by atoms with Gasteiger partial charge in [0.1, 0.15) is 0 Å². The van der Waals surface area contributed by atoms with Crippen molar-refractivity contribution in [3.8, 4) is 0 Å². The van der Waals surface area contributed by atoms with Crippen molar-refractivity contribution >= 4 is 0 Å². The van der Waals surface area contributed by atoms with Gasteiger partial charge in [0.25, 0.3) is 0 Å². The topological polar surface area (TPSA) is 0 Å². The molecule has 0 unspecified atom stereocenters. The van der Waals surface area contributed by atoms with Gasteiger partial charge in [0.15, 0.2) is 0 Å². The van der Waals surface area contributed by atoms with Gasteiger partial charge in [-0.05, 0) is 73.0 Å². The van der Waals surface area contributed by atoms with Gasteiger partial charge in [-0.25, -0.2) is 0 Å². The van der Waals surface area contributed by atoms with E-state index in [9.17, 15) is 0 Å². The van der Waals surface area contributed by atoms with E-state index in [4.69, 9.17) is 0 Å². The molecule has 0 amide bonds. The molecule has 0 spiro atoms. The Balaban J connectivity index is 0.000000180. The summed E-state index contributed by atoms with van der Waals surface area (Å²) in [4.78, 5) is 0. The first kappa shape index (κ1) is 34.3. The van der Waals surface area contributed by atoms with Gasteiger partial charge in [-0.2, -0.15) is 0 Å². The average Bonchev–Trinajstić information content (AvgIpc) is 3.10. The highest BCUT2D eigenvalue weighted by Gasteiger charge is 2.32. The van der Waals surface area contributed by atoms with Gasteiger partial charge >= 0.3 is 0 Å². The molecule has 0 atom stereocenters. The Kier molecular flexibility index (Phi) is 16.2. The predicted molar refractivity (Wildman–Crippen MR) is 190 cm³/mol. The lowest BCUT2D eigenvalue weighted by Gasteiger charge is -2.39. The van der Waals surface area contributed by atoms with Crippen molar-refractivity contribution in [1.29, 1.82) is 0 Å². The Bertz CT molecular complexity index is 578. The molecule has 0 bridgehead atoms. The van der Waals surface area contributed by atoms with E-state index < -0.39 is 0 Å². The summed E-state index contributed by atoms with van der Waals surface area (Å²) in [5.74, 6) is 8.89.